The Kier molecular flexibility index (Phi) is 4.23. The summed E-state index contributed by atoms with van der Waals surface area (Å²) in [6.45, 7) is 13.2. The van der Waals surface area contributed by atoms with Gasteiger partial charge in [-0.15, -0.1) is 0 Å². The van der Waals surface area contributed by atoms with E-state index in [9.17, 15) is 0 Å². The smallest absolute Gasteiger partial charge is 0.223 e. The SMILES string of the molecule is C=C/C=c1\c(=C)nc(N=C(C)C=C)c2nc(NC)ncc12. The largest absolute Gasteiger partial charge is 0.357 e. The molecule has 0 amide bonds. The Hall–Kier alpha value is -2.82. The first kappa shape index (κ1) is 14.6. The Labute approximate surface area is 123 Å². The highest BCUT2D eigenvalue weighted by atomic mass is 15.1. The average Bonchev–Trinajstić information content (AvgIpc) is 2.50. The zero-order chi connectivity index (χ0) is 15.4. The molecule has 0 spiro atoms. The van der Waals surface area contributed by atoms with Crippen molar-refractivity contribution in [2.24, 2.45) is 4.99 Å². The number of aromatic nitrogens is 3. The van der Waals surface area contributed by atoms with Crippen molar-refractivity contribution in [2.75, 3.05) is 12.4 Å². The van der Waals surface area contributed by atoms with Gasteiger partial charge in [0.05, 0.1) is 5.35 Å². The number of hydrogen-bond donors (Lipinski definition) is 1. The third-order valence-corrected chi connectivity index (χ3v) is 2.93. The Morgan fingerprint density at radius 1 is 1.33 bits per heavy atom. The van der Waals surface area contributed by atoms with E-state index in [1.54, 1.807) is 25.4 Å². The Morgan fingerprint density at radius 2 is 2.10 bits per heavy atom. The van der Waals surface area contributed by atoms with Crippen LogP contribution < -0.4 is 15.9 Å². The van der Waals surface area contributed by atoms with Gasteiger partial charge >= 0.3 is 0 Å². The van der Waals surface area contributed by atoms with Crippen LogP contribution in [-0.2, 0) is 0 Å². The van der Waals surface area contributed by atoms with Gasteiger partial charge in [-0.2, -0.15) is 0 Å². The van der Waals surface area contributed by atoms with Crippen molar-refractivity contribution in [1.82, 2.24) is 15.0 Å². The van der Waals surface area contributed by atoms with Gasteiger partial charge in [0.25, 0.3) is 0 Å². The average molecular weight is 279 g/mol. The highest BCUT2D eigenvalue weighted by Gasteiger charge is 2.08. The molecule has 0 atom stereocenters. The second kappa shape index (κ2) is 6.09. The van der Waals surface area contributed by atoms with E-state index in [0.29, 0.717) is 22.6 Å². The van der Waals surface area contributed by atoms with Crippen LogP contribution in [0.1, 0.15) is 6.92 Å². The van der Waals surface area contributed by atoms with Gasteiger partial charge in [0, 0.05) is 29.6 Å². The summed E-state index contributed by atoms with van der Waals surface area (Å²) < 4.78 is 0. The minimum atomic E-state index is 0.507. The van der Waals surface area contributed by atoms with Gasteiger partial charge in [-0.25, -0.2) is 19.9 Å². The Bertz CT molecular complexity index is 849. The van der Waals surface area contributed by atoms with Crippen molar-refractivity contribution >= 4 is 41.0 Å². The topological polar surface area (TPSA) is 63.1 Å². The van der Waals surface area contributed by atoms with Crippen molar-refractivity contribution in [3.63, 3.8) is 0 Å². The van der Waals surface area contributed by atoms with E-state index in [1.807, 2.05) is 13.0 Å². The highest BCUT2D eigenvalue weighted by molar-refractivity contribution is 5.97. The third-order valence-electron chi connectivity index (χ3n) is 2.93. The molecule has 0 aromatic carbocycles. The second-order valence-electron chi connectivity index (χ2n) is 4.36. The molecule has 2 rings (SSSR count). The lowest BCUT2D eigenvalue weighted by Crippen LogP contribution is -2.27. The van der Waals surface area contributed by atoms with Crippen LogP contribution in [0.3, 0.4) is 0 Å². The van der Waals surface area contributed by atoms with Crippen LogP contribution in [0.25, 0.3) is 23.6 Å². The van der Waals surface area contributed by atoms with E-state index in [4.69, 9.17) is 0 Å². The number of pyridine rings is 1. The van der Waals surface area contributed by atoms with Crippen molar-refractivity contribution in [3.8, 4) is 0 Å². The first-order chi connectivity index (χ1) is 10.1. The fraction of sp³-hybridized carbons (Fsp3) is 0.125. The standard InChI is InChI=1S/C16H17N5/c1-6-8-12-11(4)20-15(19-10(3)7-2)14-13(12)9-18-16(17-5)21-14/h6-9H,1-2,4H2,3,5H3,(H,17,18,21)/b12-8+,19-10?. The molecule has 0 aliphatic heterocycles. The number of hydrogen-bond acceptors (Lipinski definition) is 5. The zero-order valence-electron chi connectivity index (χ0n) is 12.2. The van der Waals surface area contributed by atoms with E-state index in [1.165, 1.54) is 0 Å². The summed E-state index contributed by atoms with van der Waals surface area (Å²) in [5, 5.41) is 5.21. The van der Waals surface area contributed by atoms with E-state index in [0.717, 1.165) is 16.3 Å². The molecule has 0 fully saturated rings. The zero-order valence-corrected chi connectivity index (χ0v) is 12.2. The first-order valence-corrected chi connectivity index (χ1v) is 6.44. The van der Waals surface area contributed by atoms with Crippen LogP contribution in [0.15, 0.2) is 36.5 Å². The fourth-order valence-electron chi connectivity index (χ4n) is 1.86. The van der Waals surface area contributed by atoms with Crippen molar-refractivity contribution in [2.45, 2.75) is 6.92 Å². The lowest BCUT2D eigenvalue weighted by Gasteiger charge is -2.05. The quantitative estimate of drug-likeness (QED) is 0.866. The van der Waals surface area contributed by atoms with Gasteiger partial charge in [-0.1, -0.05) is 31.9 Å². The second-order valence-corrected chi connectivity index (χ2v) is 4.36. The molecule has 106 valence electrons. The van der Waals surface area contributed by atoms with Gasteiger partial charge in [0.2, 0.25) is 5.95 Å². The van der Waals surface area contributed by atoms with Crippen LogP contribution in [-0.4, -0.2) is 27.7 Å². The third kappa shape index (κ3) is 2.86. The van der Waals surface area contributed by atoms with Gasteiger partial charge in [0.15, 0.2) is 5.82 Å². The molecule has 0 saturated heterocycles. The van der Waals surface area contributed by atoms with E-state index in [2.05, 4.69) is 45.0 Å². The summed E-state index contributed by atoms with van der Waals surface area (Å²) in [6, 6.07) is 0. The van der Waals surface area contributed by atoms with Gasteiger partial charge < -0.3 is 5.32 Å². The van der Waals surface area contributed by atoms with Crippen LogP contribution in [0.2, 0.25) is 0 Å². The summed E-state index contributed by atoms with van der Waals surface area (Å²) in [7, 11) is 1.76. The number of allylic oxidation sites excluding steroid dienone is 2. The molecule has 0 radical (unpaired) electrons. The normalized spacial score (nSPS) is 12.5. The molecule has 21 heavy (non-hydrogen) atoms. The number of rotatable bonds is 4. The molecule has 2 aromatic rings. The number of aliphatic imine (C=N–C) groups is 1. The van der Waals surface area contributed by atoms with Crippen molar-refractivity contribution in [1.29, 1.82) is 0 Å². The summed E-state index contributed by atoms with van der Waals surface area (Å²) in [5.74, 6) is 1.02. The Balaban J connectivity index is 2.96. The molecule has 0 aliphatic carbocycles. The molecule has 5 heteroatoms. The van der Waals surface area contributed by atoms with E-state index >= 15 is 0 Å². The van der Waals surface area contributed by atoms with E-state index in [-0.39, 0.29) is 0 Å². The summed E-state index contributed by atoms with van der Waals surface area (Å²) in [5.41, 5.74) is 1.42. The predicted molar refractivity (Wildman–Crippen MR) is 89.3 cm³/mol. The summed E-state index contributed by atoms with van der Waals surface area (Å²) >= 11 is 0. The van der Waals surface area contributed by atoms with Crippen LogP contribution in [0.5, 0.6) is 0 Å². The maximum atomic E-state index is 4.46. The van der Waals surface area contributed by atoms with Crippen molar-refractivity contribution in [3.05, 3.63) is 42.1 Å². The molecule has 1 N–H and O–H groups in total. The lowest BCUT2D eigenvalue weighted by atomic mass is 10.2. The van der Waals surface area contributed by atoms with Gasteiger partial charge in [0.1, 0.15) is 5.52 Å². The van der Waals surface area contributed by atoms with Crippen LogP contribution in [0.4, 0.5) is 11.8 Å². The lowest BCUT2D eigenvalue weighted by molar-refractivity contribution is 1.15. The van der Waals surface area contributed by atoms with Crippen LogP contribution in [0, 0.1) is 0 Å². The summed E-state index contributed by atoms with van der Waals surface area (Å²) in [6.07, 6.45) is 6.94. The van der Waals surface area contributed by atoms with Gasteiger partial charge in [-0.05, 0) is 13.0 Å². The molecule has 2 aromatic heterocycles. The minimum absolute atomic E-state index is 0.507. The van der Waals surface area contributed by atoms with E-state index < -0.39 is 0 Å². The minimum Gasteiger partial charge on any atom is -0.357 e. The molecule has 5 nitrogen and oxygen atoms in total. The molecular formula is C16H17N5. The monoisotopic (exact) mass is 279 g/mol. The molecule has 2 heterocycles. The molecule has 0 unspecified atom stereocenters. The predicted octanol–water partition coefficient (Wildman–Crippen LogP) is 1.72. The molecular weight excluding hydrogens is 262 g/mol. The molecule has 0 saturated carbocycles. The number of anilines is 1. The number of nitrogens with zero attached hydrogens (tertiary/aromatic N) is 4. The number of nitrogens with one attached hydrogen (secondary N) is 1. The van der Waals surface area contributed by atoms with Crippen LogP contribution >= 0.6 is 0 Å². The highest BCUT2D eigenvalue weighted by Crippen LogP contribution is 2.18. The number of fused-ring (bicyclic) bond motifs is 1. The summed E-state index contributed by atoms with van der Waals surface area (Å²) in [4.78, 5) is 17.6. The molecule has 0 aliphatic rings. The first-order valence-electron chi connectivity index (χ1n) is 6.44. The fourth-order valence-corrected chi connectivity index (χ4v) is 1.86. The Morgan fingerprint density at radius 3 is 2.71 bits per heavy atom. The van der Waals surface area contributed by atoms with Gasteiger partial charge in [-0.3, -0.25) is 0 Å². The maximum Gasteiger partial charge on any atom is 0.223 e. The molecule has 0 bridgehead atoms. The van der Waals surface area contributed by atoms with Crippen molar-refractivity contribution < 1.29 is 0 Å². The maximum absolute atomic E-state index is 4.46.